The highest BCUT2D eigenvalue weighted by Gasteiger charge is 2.33. The minimum atomic E-state index is -0.164. The van der Waals surface area contributed by atoms with E-state index in [-0.39, 0.29) is 11.9 Å². The van der Waals surface area contributed by atoms with Crippen LogP contribution in [0.5, 0.6) is 11.5 Å². The molecule has 7 nitrogen and oxygen atoms in total. The lowest BCUT2D eigenvalue weighted by Crippen LogP contribution is -2.40. The Balaban J connectivity index is 1.60. The normalized spacial score (nSPS) is 15.5. The summed E-state index contributed by atoms with van der Waals surface area (Å²) in [7, 11) is 3.27. The number of amides is 1. The number of carbonyl (C=O) groups is 1. The summed E-state index contributed by atoms with van der Waals surface area (Å²) in [6.45, 7) is 2.44. The second kappa shape index (κ2) is 9.20. The zero-order valence-corrected chi connectivity index (χ0v) is 18.1. The number of fused-ring (bicyclic) bond motifs is 1. The van der Waals surface area contributed by atoms with Gasteiger partial charge in [-0.15, -0.1) is 0 Å². The van der Waals surface area contributed by atoms with Gasteiger partial charge >= 0.3 is 0 Å². The quantitative estimate of drug-likeness (QED) is 0.576. The van der Waals surface area contributed by atoms with Crippen LogP contribution >= 0.6 is 0 Å². The van der Waals surface area contributed by atoms with Crippen LogP contribution in [0.4, 0.5) is 0 Å². The van der Waals surface area contributed by atoms with Crippen LogP contribution in [0.1, 0.15) is 47.3 Å². The maximum absolute atomic E-state index is 13.3. The smallest absolute Gasteiger partial charge is 0.226 e. The Kier molecular flexibility index (Phi) is 6.21. The fraction of sp³-hybridized carbons (Fsp3) is 0.375. The SMILES string of the molecule is COc1cc2c(cc1OC)C(c1ccccc1)N(C(=O)CCCc1nc(C)no1)CC2. The third-order valence-electron chi connectivity index (χ3n) is 5.66. The van der Waals surface area contributed by atoms with Gasteiger partial charge < -0.3 is 18.9 Å². The third kappa shape index (κ3) is 4.40. The Morgan fingerprint density at radius 1 is 1.16 bits per heavy atom. The van der Waals surface area contributed by atoms with Gasteiger partial charge in [-0.1, -0.05) is 35.5 Å². The van der Waals surface area contributed by atoms with Gasteiger partial charge in [0.25, 0.3) is 0 Å². The number of aromatic nitrogens is 2. The van der Waals surface area contributed by atoms with Crippen molar-refractivity contribution in [3.8, 4) is 11.5 Å². The molecule has 1 aliphatic rings. The van der Waals surface area contributed by atoms with E-state index < -0.39 is 0 Å². The Bertz CT molecular complexity index is 1050. The number of hydrogen-bond acceptors (Lipinski definition) is 6. The van der Waals surface area contributed by atoms with E-state index in [0.29, 0.717) is 49.0 Å². The lowest BCUT2D eigenvalue weighted by Gasteiger charge is -2.38. The molecule has 1 atom stereocenters. The molecule has 2 aromatic carbocycles. The van der Waals surface area contributed by atoms with Gasteiger partial charge in [-0.05, 0) is 48.6 Å². The molecule has 0 aliphatic carbocycles. The standard InChI is InChI=1S/C24H27N3O4/c1-16-25-22(31-26-16)10-7-11-23(28)27-13-12-18-14-20(29-2)21(30-3)15-19(18)24(27)17-8-5-4-6-9-17/h4-6,8-9,14-15,24H,7,10-13H2,1-3H3. The summed E-state index contributed by atoms with van der Waals surface area (Å²) >= 11 is 0. The van der Waals surface area contributed by atoms with Crippen molar-refractivity contribution in [2.24, 2.45) is 0 Å². The van der Waals surface area contributed by atoms with Crippen LogP contribution in [0.3, 0.4) is 0 Å². The topological polar surface area (TPSA) is 77.7 Å². The summed E-state index contributed by atoms with van der Waals surface area (Å²) in [5.74, 6) is 2.68. The molecular weight excluding hydrogens is 394 g/mol. The van der Waals surface area contributed by atoms with Gasteiger partial charge in [0.15, 0.2) is 17.3 Å². The molecule has 7 heteroatoms. The minimum absolute atomic E-state index is 0.116. The summed E-state index contributed by atoms with van der Waals surface area (Å²) in [5.41, 5.74) is 3.34. The van der Waals surface area contributed by atoms with E-state index in [0.717, 1.165) is 17.5 Å². The molecule has 0 saturated carbocycles. The predicted molar refractivity (Wildman–Crippen MR) is 115 cm³/mol. The molecule has 1 unspecified atom stereocenters. The average Bonchev–Trinajstić information content (AvgIpc) is 3.22. The van der Waals surface area contributed by atoms with Gasteiger partial charge in [0, 0.05) is 19.4 Å². The van der Waals surface area contributed by atoms with E-state index in [4.69, 9.17) is 14.0 Å². The number of rotatable bonds is 7. The summed E-state index contributed by atoms with van der Waals surface area (Å²) in [6, 6.07) is 14.0. The maximum Gasteiger partial charge on any atom is 0.226 e. The molecule has 4 rings (SSSR count). The van der Waals surface area contributed by atoms with Crippen LogP contribution in [0.2, 0.25) is 0 Å². The highest BCUT2D eigenvalue weighted by molar-refractivity contribution is 5.78. The Morgan fingerprint density at radius 3 is 2.58 bits per heavy atom. The highest BCUT2D eigenvalue weighted by Crippen LogP contribution is 2.41. The van der Waals surface area contributed by atoms with Crippen LogP contribution in [0, 0.1) is 6.92 Å². The Hall–Kier alpha value is -3.35. The number of benzene rings is 2. The first-order chi connectivity index (χ1) is 15.1. The summed E-state index contributed by atoms with van der Waals surface area (Å²) in [6.07, 6.45) is 2.45. The second-order valence-electron chi connectivity index (χ2n) is 7.65. The summed E-state index contributed by atoms with van der Waals surface area (Å²) in [4.78, 5) is 19.5. The van der Waals surface area contributed by atoms with Crippen LogP contribution in [0.15, 0.2) is 47.0 Å². The molecule has 0 bridgehead atoms. The Morgan fingerprint density at radius 2 is 1.90 bits per heavy atom. The number of ether oxygens (including phenoxy) is 2. The van der Waals surface area contributed by atoms with Crippen molar-refractivity contribution in [3.05, 3.63) is 70.9 Å². The molecule has 1 aliphatic heterocycles. The summed E-state index contributed by atoms with van der Waals surface area (Å²) < 4.78 is 16.2. The first kappa shape index (κ1) is 20.9. The number of carbonyl (C=O) groups excluding carboxylic acids is 1. The molecule has 1 amide bonds. The number of methoxy groups -OCH3 is 2. The van der Waals surface area contributed by atoms with E-state index in [9.17, 15) is 4.79 Å². The third-order valence-corrected chi connectivity index (χ3v) is 5.66. The average molecular weight is 421 g/mol. The Labute approximate surface area is 182 Å². The molecule has 31 heavy (non-hydrogen) atoms. The van der Waals surface area contributed by atoms with Gasteiger partial charge in [0.1, 0.15) is 0 Å². The van der Waals surface area contributed by atoms with Gasteiger partial charge in [-0.3, -0.25) is 4.79 Å². The van der Waals surface area contributed by atoms with E-state index >= 15 is 0 Å². The van der Waals surface area contributed by atoms with Crippen molar-refractivity contribution >= 4 is 5.91 Å². The molecule has 0 N–H and O–H groups in total. The van der Waals surface area contributed by atoms with Crippen LogP contribution < -0.4 is 9.47 Å². The van der Waals surface area contributed by atoms with Crippen molar-refractivity contribution in [2.75, 3.05) is 20.8 Å². The molecular formula is C24H27N3O4. The molecule has 2 heterocycles. The molecule has 1 aromatic heterocycles. The maximum atomic E-state index is 13.3. The first-order valence-electron chi connectivity index (χ1n) is 10.5. The molecule has 0 spiro atoms. The van der Waals surface area contributed by atoms with Gasteiger partial charge in [0.2, 0.25) is 11.8 Å². The van der Waals surface area contributed by atoms with Crippen molar-refractivity contribution < 1.29 is 18.8 Å². The first-order valence-corrected chi connectivity index (χ1v) is 10.5. The number of hydrogen-bond donors (Lipinski definition) is 0. The second-order valence-corrected chi connectivity index (χ2v) is 7.65. The largest absolute Gasteiger partial charge is 0.493 e. The summed E-state index contributed by atoms with van der Waals surface area (Å²) in [5, 5.41) is 3.81. The van der Waals surface area contributed by atoms with E-state index in [2.05, 4.69) is 22.3 Å². The lowest BCUT2D eigenvalue weighted by molar-refractivity contribution is -0.133. The fourth-order valence-electron chi connectivity index (χ4n) is 4.19. The minimum Gasteiger partial charge on any atom is -0.493 e. The van der Waals surface area contributed by atoms with Crippen LogP contribution in [-0.4, -0.2) is 41.7 Å². The van der Waals surface area contributed by atoms with E-state index in [1.165, 1.54) is 5.56 Å². The van der Waals surface area contributed by atoms with Crippen LogP contribution in [-0.2, 0) is 17.6 Å². The van der Waals surface area contributed by atoms with Crippen molar-refractivity contribution in [1.82, 2.24) is 15.0 Å². The molecule has 3 aromatic rings. The zero-order chi connectivity index (χ0) is 21.8. The van der Waals surface area contributed by atoms with Crippen molar-refractivity contribution in [1.29, 1.82) is 0 Å². The van der Waals surface area contributed by atoms with Gasteiger partial charge in [-0.2, -0.15) is 4.98 Å². The van der Waals surface area contributed by atoms with Gasteiger partial charge in [0.05, 0.1) is 20.3 Å². The zero-order valence-electron chi connectivity index (χ0n) is 18.1. The molecule has 162 valence electrons. The number of aryl methyl sites for hydroxylation is 2. The monoisotopic (exact) mass is 421 g/mol. The molecule has 0 fully saturated rings. The highest BCUT2D eigenvalue weighted by atomic mass is 16.5. The van der Waals surface area contributed by atoms with E-state index in [1.807, 2.05) is 35.2 Å². The molecule has 0 saturated heterocycles. The van der Waals surface area contributed by atoms with Crippen LogP contribution in [0.25, 0.3) is 0 Å². The van der Waals surface area contributed by atoms with Crippen molar-refractivity contribution in [2.45, 2.75) is 38.6 Å². The predicted octanol–water partition coefficient (Wildman–Crippen LogP) is 3.89. The van der Waals surface area contributed by atoms with E-state index in [1.54, 1.807) is 21.1 Å². The van der Waals surface area contributed by atoms with Gasteiger partial charge in [-0.25, -0.2) is 0 Å². The van der Waals surface area contributed by atoms with Crippen molar-refractivity contribution in [3.63, 3.8) is 0 Å². The molecule has 0 radical (unpaired) electrons. The number of nitrogens with zero attached hydrogens (tertiary/aromatic N) is 3. The fourth-order valence-corrected chi connectivity index (χ4v) is 4.19. The lowest BCUT2D eigenvalue weighted by atomic mass is 9.87.